The molecule has 0 atom stereocenters. The molecule has 2 rings (SSSR count). The van der Waals surface area contributed by atoms with Crippen LogP contribution in [0.25, 0.3) is 10.8 Å². The lowest BCUT2D eigenvalue weighted by Crippen LogP contribution is -1.90. The molecule has 2 aromatic rings. The number of hydrogen-bond acceptors (Lipinski definition) is 3. The van der Waals surface area contributed by atoms with E-state index in [4.69, 9.17) is 9.47 Å². The number of thiol groups is 1. The van der Waals surface area contributed by atoms with E-state index in [1.54, 1.807) is 14.2 Å². The molecule has 3 heteroatoms. The van der Waals surface area contributed by atoms with Crippen molar-refractivity contribution >= 4 is 23.4 Å². The molecule has 78 valence electrons. The van der Waals surface area contributed by atoms with Gasteiger partial charge in [-0.2, -0.15) is 0 Å². The van der Waals surface area contributed by atoms with Gasteiger partial charge in [-0.25, -0.2) is 0 Å². The summed E-state index contributed by atoms with van der Waals surface area (Å²) in [5, 5.41) is 2.05. The van der Waals surface area contributed by atoms with Gasteiger partial charge >= 0.3 is 0 Å². The molecule has 0 bridgehead atoms. The van der Waals surface area contributed by atoms with Crippen LogP contribution in [0.4, 0.5) is 0 Å². The molecule has 0 aliphatic carbocycles. The second-order valence-corrected chi connectivity index (χ2v) is 3.66. The van der Waals surface area contributed by atoms with Crippen LogP contribution in [0.2, 0.25) is 0 Å². The van der Waals surface area contributed by atoms with Gasteiger partial charge < -0.3 is 9.47 Å². The zero-order valence-electron chi connectivity index (χ0n) is 8.65. The normalized spacial score (nSPS) is 10.3. The third-order valence-electron chi connectivity index (χ3n) is 2.36. The van der Waals surface area contributed by atoms with Crippen LogP contribution in [-0.2, 0) is 0 Å². The van der Waals surface area contributed by atoms with Crippen molar-refractivity contribution in [3.05, 3.63) is 30.3 Å². The average Bonchev–Trinajstić information content (AvgIpc) is 2.28. The third kappa shape index (κ3) is 1.63. The molecule has 0 saturated carbocycles. The van der Waals surface area contributed by atoms with Gasteiger partial charge in [0.2, 0.25) is 0 Å². The molecule has 0 spiro atoms. The largest absolute Gasteiger partial charge is 0.496 e. The second kappa shape index (κ2) is 4.03. The van der Waals surface area contributed by atoms with Crippen molar-refractivity contribution in [1.29, 1.82) is 0 Å². The highest BCUT2D eigenvalue weighted by Crippen LogP contribution is 2.38. The maximum atomic E-state index is 5.33. The highest BCUT2D eigenvalue weighted by Gasteiger charge is 2.10. The number of fused-ring (bicyclic) bond motifs is 1. The molecule has 0 aliphatic heterocycles. The summed E-state index contributed by atoms with van der Waals surface area (Å²) in [5.74, 6) is 1.60. The Bertz CT molecular complexity index is 494. The Morgan fingerprint density at radius 3 is 2.27 bits per heavy atom. The first-order valence-electron chi connectivity index (χ1n) is 4.60. The van der Waals surface area contributed by atoms with E-state index in [1.807, 2.05) is 30.3 Å². The van der Waals surface area contributed by atoms with Gasteiger partial charge in [-0.05, 0) is 6.07 Å². The predicted molar refractivity (Wildman–Crippen MR) is 64.3 cm³/mol. The zero-order valence-corrected chi connectivity index (χ0v) is 9.54. The lowest BCUT2D eigenvalue weighted by molar-refractivity contribution is 0.402. The summed E-state index contributed by atoms with van der Waals surface area (Å²) in [6.45, 7) is 0. The van der Waals surface area contributed by atoms with Gasteiger partial charge in [0.15, 0.2) is 0 Å². The third-order valence-corrected chi connectivity index (χ3v) is 2.69. The monoisotopic (exact) mass is 220 g/mol. The summed E-state index contributed by atoms with van der Waals surface area (Å²) in [6, 6.07) is 9.81. The molecule has 15 heavy (non-hydrogen) atoms. The number of rotatable bonds is 2. The minimum atomic E-state index is 0.785. The Kier molecular flexibility index (Phi) is 2.73. The molecule has 0 heterocycles. The van der Waals surface area contributed by atoms with E-state index in [-0.39, 0.29) is 0 Å². The van der Waals surface area contributed by atoms with Crippen molar-refractivity contribution in [3.8, 4) is 11.5 Å². The Morgan fingerprint density at radius 2 is 1.67 bits per heavy atom. The summed E-state index contributed by atoms with van der Waals surface area (Å²) in [5.41, 5.74) is 0. The van der Waals surface area contributed by atoms with Crippen LogP contribution in [0.15, 0.2) is 35.2 Å². The predicted octanol–water partition coefficient (Wildman–Crippen LogP) is 3.15. The van der Waals surface area contributed by atoms with Crippen molar-refractivity contribution in [2.75, 3.05) is 14.2 Å². The molecular formula is C12H12O2S. The van der Waals surface area contributed by atoms with E-state index in [0.717, 1.165) is 27.2 Å². The number of benzene rings is 2. The van der Waals surface area contributed by atoms with Crippen LogP contribution < -0.4 is 9.47 Å². The Balaban J connectivity index is 2.86. The maximum Gasteiger partial charge on any atom is 0.140 e. The first-order valence-corrected chi connectivity index (χ1v) is 5.05. The molecule has 2 nitrogen and oxygen atoms in total. The van der Waals surface area contributed by atoms with E-state index >= 15 is 0 Å². The van der Waals surface area contributed by atoms with Crippen LogP contribution in [0, 0.1) is 0 Å². The van der Waals surface area contributed by atoms with Crippen LogP contribution in [-0.4, -0.2) is 14.2 Å². The minimum Gasteiger partial charge on any atom is -0.496 e. The van der Waals surface area contributed by atoms with Crippen LogP contribution in [0.3, 0.4) is 0 Å². The minimum absolute atomic E-state index is 0.785. The lowest BCUT2D eigenvalue weighted by Gasteiger charge is -2.11. The van der Waals surface area contributed by atoms with E-state index in [1.165, 1.54) is 0 Å². The van der Waals surface area contributed by atoms with Crippen molar-refractivity contribution in [2.45, 2.75) is 4.90 Å². The van der Waals surface area contributed by atoms with Gasteiger partial charge in [-0.1, -0.05) is 24.3 Å². The highest BCUT2D eigenvalue weighted by molar-refractivity contribution is 7.80. The van der Waals surface area contributed by atoms with Crippen molar-refractivity contribution < 1.29 is 9.47 Å². The molecule has 0 aromatic heterocycles. The second-order valence-electron chi connectivity index (χ2n) is 3.18. The first kappa shape index (κ1) is 10.2. The number of hydrogen-bond donors (Lipinski definition) is 1. The van der Waals surface area contributed by atoms with E-state index in [2.05, 4.69) is 12.6 Å². The van der Waals surface area contributed by atoms with E-state index in [9.17, 15) is 0 Å². The molecule has 0 N–H and O–H groups in total. The molecule has 2 aromatic carbocycles. The Hall–Kier alpha value is -1.35. The summed E-state index contributed by atoms with van der Waals surface area (Å²) in [6.07, 6.45) is 0. The molecule has 0 radical (unpaired) electrons. The Labute approximate surface area is 94.2 Å². The Morgan fingerprint density at radius 1 is 1.00 bits per heavy atom. The number of ether oxygens (including phenoxy) is 2. The fourth-order valence-electron chi connectivity index (χ4n) is 1.68. The van der Waals surface area contributed by atoms with Crippen molar-refractivity contribution in [3.63, 3.8) is 0 Å². The lowest BCUT2D eigenvalue weighted by atomic mass is 10.1. The van der Waals surface area contributed by atoms with Crippen LogP contribution in [0.1, 0.15) is 0 Å². The fraction of sp³-hybridized carbons (Fsp3) is 0.167. The number of methoxy groups -OCH3 is 2. The smallest absolute Gasteiger partial charge is 0.140 e. The van der Waals surface area contributed by atoms with Crippen LogP contribution in [0.5, 0.6) is 11.5 Å². The highest BCUT2D eigenvalue weighted by atomic mass is 32.1. The first-order chi connectivity index (χ1) is 7.27. The molecule has 0 unspecified atom stereocenters. The van der Waals surface area contributed by atoms with Gasteiger partial charge in [0.25, 0.3) is 0 Å². The van der Waals surface area contributed by atoms with Crippen LogP contribution >= 0.6 is 12.6 Å². The van der Waals surface area contributed by atoms with Gasteiger partial charge in [0.05, 0.1) is 19.1 Å². The molecule has 0 fully saturated rings. The standard InChI is InChI=1S/C12H12O2S/c1-13-10-7-11(15)12(14-2)9-6-4-3-5-8(9)10/h3-7,15H,1-2H3. The quantitative estimate of drug-likeness (QED) is 0.784. The molecular weight excluding hydrogens is 208 g/mol. The maximum absolute atomic E-state index is 5.33. The molecule has 0 aliphatic rings. The summed E-state index contributed by atoms with van der Waals surface area (Å²) in [4.78, 5) is 0.785. The fourth-order valence-corrected chi connectivity index (χ4v) is 2.01. The summed E-state index contributed by atoms with van der Waals surface area (Å²) >= 11 is 4.37. The van der Waals surface area contributed by atoms with Gasteiger partial charge in [0, 0.05) is 10.8 Å². The average molecular weight is 220 g/mol. The van der Waals surface area contributed by atoms with Crippen molar-refractivity contribution in [1.82, 2.24) is 0 Å². The topological polar surface area (TPSA) is 18.5 Å². The SMILES string of the molecule is COc1cc(S)c(OC)c2ccccc12. The van der Waals surface area contributed by atoms with Gasteiger partial charge in [-0.15, -0.1) is 12.6 Å². The summed E-state index contributed by atoms with van der Waals surface area (Å²) in [7, 11) is 3.30. The van der Waals surface area contributed by atoms with E-state index in [0.29, 0.717) is 0 Å². The van der Waals surface area contributed by atoms with Gasteiger partial charge in [0.1, 0.15) is 11.5 Å². The summed E-state index contributed by atoms with van der Waals surface area (Å²) < 4.78 is 10.6. The van der Waals surface area contributed by atoms with Gasteiger partial charge in [-0.3, -0.25) is 0 Å². The molecule has 0 amide bonds. The zero-order chi connectivity index (χ0) is 10.8. The molecule has 0 saturated heterocycles. The van der Waals surface area contributed by atoms with E-state index < -0.39 is 0 Å². The van der Waals surface area contributed by atoms with Crippen molar-refractivity contribution in [2.24, 2.45) is 0 Å².